The third-order valence-electron chi connectivity index (χ3n) is 9.95. The molecule has 0 radical (unpaired) electrons. The number of carbonyl (C=O) groups is 7. The monoisotopic (exact) mass is 722 g/mol. The van der Waals surface area contributed by atoms with Crippen molar-refractivity contribution < 1.29 is 33.6 Å². The quantitative estimate of drug-likeness (QED) is 0.121. The van der Waals surface area contributed by atoms with Gasteiger partial charge in [-0.15, -0.1) is 6.58 Å². The molecule has 0 saturated carbocycles. The van der Waals surface area contributed by atoms with Gasteiger partial charge in [0.2, 0.25) is 17.6 Å². The minimum atomic E-state index is -1.07. The predicted octanol–water partition coefficient (Wildman–Crippen LogP) is 3.83. The maximum atomic E-state index is 14.5. The molecule has 13 nitrogen and oxygen atoms in total. The predicted molar refractivity (Wildman–Crippen MR) is 198 cm³/mol. The van der Waals surface area contributed by atoms with E-state index in [0.29, 0.717) is 24.0 Å². The number of fused-ring (bicyclic) bond motifs is 1. The van der Waals surface area contributed by atoms with E-state index in [1.165, 1.54) is 11.0 Å². The molecule has 52 heavy (non-hydrogen) atoms. The van der Waals surface area contributed by atoms with Crippen LogP contribution in [0.25, 0.3) is 0 Å². The second kappa shape index (κ2) is 17.3. The molecule has 4 N–H and O–H groups in total. The van der Waals surface area contributed by atoms with Crippen molar-refractivity contribution in [3.63, 3.8) is 0 Å². The molecule has 0 aromatic heterocycles. The van der Waals surface area contributed by atoms with Crippen LogP contribution in [0.2, 0.25) is 0 Å². The number of hydrogen-bond acceptors (Lipinski definition) is 7. The smallest absolute Gasteiger partial charge is 0.315 e. The molecule has 286 valence electrons. The summed E-state index contributed by atoms with van der Waals surface area (Å²) in [6.45, 7) is 20.8. The Hall–Kier alpha value is -4.55. The number of nitrogens with one attached hydrogen (secondary N) is 4. The zero-order valence-electron chi connectivity index (χ0n) is 32.3. The first-order chi connectivity index (χ1) is 24.2. The van der Waals surface area contributed by atoms with Crippen molar-refractivity contribution in [3.8, 4) is 0 Å². The maximum Gasteiger partial charge on any atom is 0.315 e. The highest BCUT2D eigenvalue weighted by Gasteiger charge is 2.48. The Labute approximate surface area is 308 Å². The van der Waals surface area contributed by atoms with Crippen molar-refractivity contribution in [2.45, 2.75) is 112 Å². The van der Waals surface area contributed by atoms with Crippen molar-refractivity contribution in [1.82, 2.24) is 31.1 Å². The van der Waals surface area contributed by atoms with Crippen molar-refractivity contribution in [2.75, 3.05) is 19.6 Å². The molecule has 13 heteroatoms. The number of hydrogen-bond donors (Lipinski definition) is 4. The molecule has 2 heterocycles. The molecule has 2 aliphatic heterocycles. The first-order valence-electron chi connectivity index (χ1n) is 18.3. The summed E-state index contributed by atoms with van der Waals surface area (Å²) >= 11 is 0. The standard InChI is InChI=1S/C39H58N6O7/c1-11-13-18-27(30(46)33(48)40-20-12-2)41-32(47)29-24(23(3)4)19-21-44(29)36(51)31(39(8,9)10)43-37(52)42-28(38(5,6)7)22-45-34(49)25-16-14-15-17-26(25)35(45)50/h12,14-17,23-24,27-29,31H,2,11,13,18-22H2,1,3-10H3,(H,40,48)(H,41,47)(H2,42,43,52)/t24?,27?,28-,29+,31-/m1/s1. The summed E-state index contributed by atoms with van der Waals surface area (Å²) in [6.07, 6.45) is 3.59. The number of benzene rings is 1. The second-order valence-corrected chi connectivity index (χ2v) is 16.3. The lowest BCUT2D eigenvalue weighted by Gasteiger charge is -2.38. The number of Topliss-reactive ketones (excluding diaryl/α,β-unsaturated/α-hetero) is 1. The first kappa shape index (κ1) is 41.9. The van der Waals surface area contributed by atoms with Gasteiger partial charge in [0.15, 0.2) is 0 Å². The minimum Gasteiger partial charge on any atom is -0.346 e. The molecule has 3 rings (SSSR count). The molecule has 5 atom stereocenters. The third-order valence-corrected chi connectivity index (χ3v) is 9.95. The van der Waals surface area contributed by atoms with Gasteiger partial charge < -0.3 is 26.2 Å². The van der Waals surface area contributed by atoms with Crippen LogP contribution in [0.5, 0.6) is 0 Å². The van der Waals surface area contributed by atoms with Gasteiger partial charge in [-0.2, -0.15) is 0 Å². The fourth-order valence-electron chi connectivity index (χ4n) is 6.71. The van der Waals surface area contributed by atoms with Gasteiger partial charge in [-0.25, -0.2) is 4.79 Å². The van der Waals surface area contributed by atoms with E-state index in [1.54, 1.807) is 24.3 Å². The van der Waals surface area contributed by atoms with Gasteiger partial charge in [-0.3, -0.25) is 33.7 Å². The van der Waals surface area contributed by atoms with Gasteiger partial charge in [0, 0.05) is 13.1 Å². The number of amides is 7. The third kappa shape index (κ3) is 9.86. The van der Waals surface area contributed by atoms with Gasteiger partial charge in [0.1, 0.15) is 12.1 Å². The Kier molecular flexibility index (Phi) is 13.9. The second-order valence-electron chi connectivity index (χ2n) is 16.3. The summed E-state index contributed by atoms with van der Waals surface area (Å²) in [4.78, 5) is 96.9. The van der Waals surface area contributed by atoms with Crippen LogP contribution in [0.4, 0.5) is 4.79 Å². The average molecular weight is 723 g/mol. The molecular weight excluding hydrogens is 664 g/mol. The van der Waals surface area contributed by atoms with Crippen LogP contribution in [-0.4, -0.2) is 95.0 Å². The van der Waals surface area contributed by atoms with Crippen LogP contribution >= 0.6 is 0 Å². The summed E-state index contributed by atoms with van der Waals surface area (Å²) in [6, 6.07) is 2.16. The van der Waals surface area contributed by atoms with Crippen LogP contribution in [0, 0.1) is 22.7 Å². The number of ketones is 1. The molecule has 0 spiro atoms. The molecule has 2 unspecified atom stereocenters. The zero-order valence-corrected chi connectivity index (χ0v) is 32.3. The van der Waals surface area contributed by atoms with E-state index in [2.05, 4.69) is 27.8 Å². The van der Waals surface area contributed by atoms with Crippen LogP contribution < -0.4 is 21.3 Å². The van der Waals surface area contributed by atoms with Crippen molar-refractivity contribution in [1.29, 1.82) is 0 Å². The Morgan fingerprint density at radius 3 is 2.02 bits per heavy atom. The number of likely N-dealkylation sites (tertiary alicyclic amines) is 1. The van der Waals surface area contributed by atoms with Crippen LogP contribution in [-0.2, 0) is 19.2 Å². The number of urea groups is 1. The fourth-order valence-corrected chi connectivity index (χ4v) is 6.71. The number of unbranched alkanes of at least 4 members (excludes halogenated alkanes) is 1. The number of imide groups is 1. The fraction of sp³-hybridized carbons (Fsp3) is 0.615. The van der Waals surface area contributed by atoms with Crippen molar-refractivity contribution >= 4 is 41.4 Å². The van der Waals surface area contributed by atoms with Gasteiger partial charge in [-0.1, -0.05) is 93.4 Å². The largest absolute Gasteiger partial charge is 0.346 e. The van der Waals surface area contributed by atoms with E-state index >= 15 is 0 Å². The summed E-state index contributed by atoms with van der Waals surface area (Å²) in [5.41, 5.74) is -0.772. The Morgan fingerprint density at radius 2 is 1.52 bits per heavy atom. The van der Waals surface area contributed by atoms with Crippen LogP contribution in [0.1, 0.15) is 109 Å². The Balaban J connectivity index is 1.84. The highest BCUT2D eigenvalue weighted by Crippen LogP contribution is 2.34. The van der Waals surface area contributed by atoms with Crippen LogP contribution in [0.15, 0.2) is 36.9 Å². The average Bonchev–Trinajstić information content (AvgIpc) is 3.62. The first-order valence-corrected chi connectivity index (χ1v) is 18.3. The number of rotatable bonds is 15. The van der Waals surface area contributed by atoms with Gasteiger partial charge in [0.25, 0.3) is 17.7 Å². The highest BCUT2D eigenvalue weighted by atomic mass is 16.2. The number of nitrogens with zero attached hydrogens (tertiary/aromatic N) is 2. The van der Waals surface area contributed by atoms with Gasteiger partial charge in [-0.05, 0) is 47.6 Å². The summed E-state index contributed by atoms with van der Waals surface area (Å²) in [7, 11) is 0. The Bertz CT molecular complexity index is 1510. The summed E-state index contributed by atoms with van der Waals surface area (Å²) in [5, 5.41) is 11.0. The summed E-state index contributed by atoms with van der Waals surface area (Å²) in [5.74, 6) is -3.67. The maximum absolute atomic E-state index is 14.5. The molecule has 0 bridgehead atoms. The van der Waals surface area contributed by atoms with Crippen LogP contribution in [0.3, 0.4) is 0 Å². The normalized spacial score (nSPS) is 19.1. The van der Waals surface area contributed by atoms with E-state index in [0.717, 1.165) is 11.3 Å². The molecule has 1 fully saturated rings. The number of carbonyl (C=O) groups excluding carboxylic acids is 7. The molecule has 2 aliphatic rings. The SMILES string of the molecule is C=CCNC(=O)C(=O)C(CCCC)NC(=O)[C@@H]1C(C(C)C)CCN1C(=O)[C@@H](NC(=O)N[C@H](CN1C(=O)c2ccccc2C1=O)C(C)(C)C)C(C)(C)C. The molecular formula is C39H58N6O7. The van der Waals surface area contributed by atoms with Crippen molar-refractivity contribution in [2.24, 2.45) is 22.7 Å². The van der Waals surface area contributed by atoms with E-state index in [4.69, 9.17) is 0 Å². The molecule has 1 aromatic carbocycles. The van der Waals surface area contributed by atoms with Crippen molar-refractivity contribution in [3.05, 3.63) is 48.0 Å². The Morgan fingerprint density at radius 1 is 0.923 bits per heavy atom. The summed E-state index contributed by atoms with van der Waals surface area (Å²) < 4.78 is 0. The zero-order chi connectivity index (χ0) is 39.1. The molecule has 1 saturated heterocycles. The van der Waals surface area contributed by atoms with Gasteiger partial charge >= 0.3 is 6.03 Å². The van der Waals surface area contributed by atoms with E-state index < -0.39 is 76.3 Å². The highest BCUT2D eigenvalue weighted by molar-refractivity contribution is 6.38. The molecule has 1 aromatic rings. The lowest BCUT2D eigenvalue weighted by molar-refractivity contribution is -0.144. The topological polar surface area (TPSA) is 174 Å². The molecule has 7 amide bonds. The minimum absolute atomic E-state index is 0.00766. The molecule has 0 aliphatic carbocycles. The van der Waals surface area contributed by atoms with E-state index in [-0.39, 0.29) is 37.9 Å². The lowest BCUT2D eigenvalue weighted by Crippen LogP contribution is -2.62. The van der Waals surface area contributed by atoms with E-state index in [1.807, 2.05) is 62.3 Å². The lowest BCUT2D eigenvalue weighted by atomic mass is 9.84. The van der Waals surface area contributed by atoms with E-state index in [9.17, 15) is 33.6 Å². The van der Waals surface area contributed by atoms with Gasteiger partial charge in [0.05, 0.1) is 29.8 Å².